The summed E-state index contributed by atoms with van der Waals surface area (Å²) in [5, 5.41) is 8.99. The first kappa shape index (κ1) is 15.3. The predicted octanol–water partition coefficient (Wildman–Crippen LogP) is 0.594. The van der Waals surface area contributed by atoms with Gasteiger partial charge in [-0.3, -0.25) is 4.90 Å². The molecule has 0 atom stereocenters. The van der Waals surface area contributed by atoms with Crippen LogP contribution in [0.15, 0.2) is 29.2 Å². The summed E-state index contributed by atoms with van der Waals surface area (Å²) in [5.41, 5.74) is 1.06. The lowest BCUT2D eigenvalue weighted by Gasteiger charge is -2.23. The highest BCUT2D eigenvalue weighted by Gasteiger charge is 2.15. The van der Waals surface area contributed by atoms with E-state index in [1.165, 1.54) is 6.26 Å². The van der Waals surface area contributed by atoms with Gasteiger partial charge in [-0.25, -0.2) is 8.42 Å². The molecule has 1 fully saturated rings. The van der Waals surface area contributed by atoms with E-state index in [2.05, 4.69) is 9.80 Å². The topological polar surface area (TPSA) is 60.9 Å². The van der Waals surface area contributed by atoms with Crippen LogP contribution in [0.4, 0.5) is 5.69 Å². The average Bonchev–Trinajstić information content (AvgIpc) is 2.64. The summed E-state index contributed by atoms with van der Waals surface area (Å²) in [6, 6.07) is 7.08. The van der Waals surface area contributed by atoms with Gasteiger partial charge in [0.05, 0.1) is 11.5 Å². The molecule has 1 saturated heterocycles. The maximum Gasteiger partial charge on any atom is 0.175 e. The fraction of sp³-hybridized carbons (Fsp3) is 0.571. The summed E-state index contributed by atoms with van der Waals surface area (Å²) in [5.74, 6) is 0. The normalized spacial score (nSPS) is 18.0. The molecule has 0 saturated carbocycles. The molecule has 0 aromatic heterocycles. The van der Waals surface area contributed by atoms with Crippen molar-refractivity contribution in [3.63, 3.8) is 0 Å². The predicted molar refractivity (Wildman–Crippen MR) is 79.9 cm³/mol. The minimum Gasteiger partial charge on any atom is -0.395 e. The van der Waals surface area contributed by atoms with Crippen LogP contribution >= 0.6 is 0 Å². The number of nitrogens with zero attached hydrogens (tertiary/aromatic N) is 2. The molecule has 1 aliphatic heterocycles. The highest BCUT2D eigenvalue weighted by molar-refractivity contribution is 7.90. The van der Waals surface area contributed by atoms with E-state index in [0.29, 0.717) is 4.90 Å². The van der Waals surface area contributed by atoms with Gasteiger partial charge in [-0.15, -0.1) is 0 Å². The van der Waals surface area contributed by atoms with Crippen molar-refractivity contribution in [2.24, 2.45) is 0 Å². The van der Waals surface area contributed by atoms with Crippen LogP contribution in [0.25, 0.3) is 0 Å². The Hall–Kier alpha value is -1.11. The largest absolute Gasteiger partial charge is 0.395 e. The molecule has 20 heavy (non-hydrogen) atoms. The molecule has 6 heteroatoms. The van der Waals surface area contributed by atoms with Crippen LogP contribution in [0.5, 0.6) is 0 Å². The maximum atomic E-state index is 11.4. The third-order valence-corrected chi connectivity index (χ3v) is 4.76. The second-order valence-corrected chi connectivity index (χ2v) is 7.19. The molecule has 1 aliphatic rings. The SMILES string of the molecule is CS(=O)(=O)c1ccc(N2CCCN(CCO)CC2)cc1. The Morgan fingerprint density at radius 1 is 1.10 bits per heavy atom. The summed E-state index contributed by atoms with van der Waals surface area (Å²) in [7, 11) is -3.13. The Morgan fingerprint density at radius 3 is 2.40 bits per heavy atom. The minimum atomic E-state index is -3.13. The molecule has 2 rings (SSSR count). The Labute approximate surface area is 120 Å². The second-order valence-electron chi connectivity index (χ2n) is 5.17. The lowest BCUT2D eigenvalue weighted by molar-refractivity contribution is 0.204. The molecule has 1 aromatic rings. The first-order valence-corrected chi connectivity index (χ1v) is 8.78. The number of hydrogen-bond donors (Lipinski definition) is 1. The zero-order valence-corrected chi connectivity index (χ0v) is 12.6. The minimum absolute atomic E-state index is 0.197. The van der Waals surface area contributed by atoms with Crippen molar-refractivity contribution >= 4 is 15.5 Å². The first-order chi connectivity index (χ1) is 9.50. The number of β-amino-alcohol motifs (C(OH)–C–C–N with tert-alkyl or cyclic N) is 1. The molecule has 0 aliphatic carbocycles. The molecule has 0 radical (unpaired) electrons. The first-order valence-electron chi connectivity index (χ1n) is 6.89. The van der Waals surface area contributed by atoms with Gasteiger partial charge in [-0.1, -0.05) is 0 Å². The van der Waals surface area contributed by atoms with E-state index in [4.69, 9.17) is 5.11 Å². The zero-order valence-electron chi connectivity index (χ0n) is 11.8. The molecule has 5 nitrogen and oxygen atoms in total. The van der Waals surface area contributed by atoms with E-state index in [0.717, 1.165) is 44.8 Å². The molecular weight excluding hydrogens is 276 g/mol. The molecule has 1 N–H and O–H groups in total. The van der Waals surface area contributed by atoms with Gasteiger partial charge < -0.3 is 10.0 Å². The standard InChI is InChI=1S/C14H22N2O3S/c1-20(18,19)14-5-3-13(4-6-14)16-8-2-7-15(9-10-16)11-12-17/h3-6,17H,2,7-12H2,1H3. The highest BCUT2D eigenvalue weighted by Crippen LogP contribution is 2.19. The van der Waals surface area contributed by atoms with Crippen molar-refractivity contribution in [1.29, 1.82) is 0 Å². The Kier molecular flexibility index (Phi) is 5.01. The molecule has 0 spiro atoms. The van der Waals surface area contributed by atoms with Gasteiger partial charge in [0.15, 0.2) is 9.84 Å². The smallest absolute Gasteiger partial charge is 0.175 e. The zero-order chi connectivity index (χ0) is 14.6. The van der Waals surface area contributed by atoms with E-state index in [1.54, 1.807) is 12.1 Å². The van der Waals surface area contributed by atoms with Crippen molar-refractivity contribution in [1.82, 2.24) is 4.90 Å². The van der Waals surface area contributed by atoms with Crippen molar-refractivity contribution in [3.8, 4) is 0 Å². The number of benzene rings is 1. The highest BCUT2D eigenvalue weighted by atomic mass is 32.2. The Balaban J connectivity index is 2.05. The Morgan fingerprint density at radius 2 is 1.80 bits per heavy atom. The fourth-order valence-electron chi connectivity index (χ4n) is 2.50. The van der Waals surface area contributed by atoms with Crippen LogP contribution in [0, 0.1) is 0 Å². The summed E-state index contributed by atoms with van der Waals surface area (Å²) in [4.78, 5) is 4.88. The van der Waals surface area contributed by atoms with Gasteiger partial charge in [0.25, 0.3) is 0 Å². The van der Waals surface area contributed by atoms with Crippen molar-refractivity contribution in [2.75, 3.05) is 50.5 Å². The van der Waals surface area contributed by atoms with Crippen molar-refractivity contribution in [3.05, 3.63) is 24.3 Å². The van der Waals surface area contributed by atoms with E-state index in [1.807, 2.05) is 12.1 Å². The molecule has 0 bridgehead atoms. The van der Waals surface area contributed by atoms with Crippen molar-refractivity contribution in [2.45, 2.75) is 11.3 Å². The average molecular weight is 298 g/mol. The fourth-order valence-corrected chi connectivity index (χ4v) is 3.13. The molecule has 1 heterocycles. The van der Waals surface area contributed by atoms with Gasteiger partial charge in [-0.2, -0.15) is 0 Å². The summed E-state index contributed by atoms with van der Waals surface area (Å²) < 4.78 is 22.9. The third-order valence-electron chi connectivity index (χ3n) is 3.63. The van der Waals surface area contributed by atoms with Gasteiger partial charge in [-0.05, 0) is 37.2 Å². The lowest BCUT2D eigenvalue weighted by atomic mass is 10.2. The summed E-state index contributed by atoms with van der Waals surface area (Å²) >= 11 is 0. The van der Waals surface area contributed by atoms with Gasteiger partial charge in [0, 0.05) is 38.1 Å². The van der Waals surface area contributed by atoms with E-state index in [9.17, 15) is 8.42 Å². The number of hydrogen-bond acceptors (Lipinski definition) is 5. The molecular formula is C14H22N2O3S. The molecule has 1 aromatic carbocycles. The molecule has 112 valence electrons. The Bertz CT molecular complexity index is 528. The number of rotatable bonds is 4. The third kappa shape index (κ3) is 3.94. The maximum absolute atomic E-state index is 11.4. The van der Waals surface area contributed by atoms with Crippen LogP contribution in [0.1, 0.15) is 6.42 Å². The monoisotopic (exact) mass is 298 g/mol. The van der Waals surface area contributed by atoms with Gasteiger partial charge in [0.1, 0.15) is 0 Å². The van der Waals surface area contributed by atoms with Gasteiger partial charge >= 0.3 is 0 Å². The summed E-state index contributed by atoms with van der Waals surface area (Å²) in [6.45, 7) is 4.70. The second kappa shape index (κ2) is 6.56. The van der Waals surface area contributed by atoms with E-state index in [-0.39, 0.29) is 6.61 Å². The molecule has 0 amide bonds. The van der Waals surface area contributed by atoms with Crippen LogP contribution in [0.2, 0.25) is 0 Å². The lowest BCUT2D eigenvalue weighted by Crippen LogP contribution is -2.32. The summed E-state index contributed by atoms with van der Waals surface area (Å²) in [6.07, 6.45) is 2.27. The van der Waals surface area contributed by atoms with Crippen LogP contribution in [-0.4, -0.2) is 64.0 Å². The van der Waals surface area contributed by atoms with Crippen molar-refractivity contribution < 1.29 is 13.5 Å². The number of aliphatic hydroxyl groups is 1. The van der Waals surface area contributed by atoms with Gasteiger partial charge in [0.2, 0.25) is 0 Å². The van der Waals surface area contributed by atoms with E-state index >= 15 is 0 Å². The van der Waals surface area contributed by atoms with Crippen LogP contribution in [-0.2, 0) is 9.84 Å². The molecule has 0 unspecified atom stereocenters. The van der Waals surface area contributed by atoms with Crippen LogP contribution in [0.3, 0.4) is 0 Å². The number of sulfone groups is 1. The number of aliphatic hydroxyl groups excluding tert-OH is 1. The number of anilines is 1. The van der Waals surface area contributed by atoms with E-state index < -0.39 is 9.84 Å². The quantitative estimate of drug-likeness (QED) is 0.882. The van der Waals surface area contributed by atoms with Crippen LogP contribution < -0.4 is 4.90 Å².